The van der Waals surface area contributed by atoms with Gasteiger partial charge in [-0.1, -0.05) is 55.0 Å². The van der Waals surface area contributed by atoms with Crippen molar-refractivity contribution in [1.29, 1.82) is 0 Å². The minimum atomic E-state index is -0.169. The van der Waals surface area contributed by atoms with E-state index in [1.54, 1.807) is 0 Å². The Kier molecular flexibility index (Phi) is 5.03. The van der Waals surface area contributed by atoms with Crippen LogP contribution in [-0.2, 0) is 16.3 Å². The van der Waals surface area contributed by atoms with E-state index in [9.17, 15) is 4.79 Å². The molecule has 1 amide bonds. The molecule has 0 spiro atoms. The third-order valence-corrected chi connectivity index (χ3v) is 5.97. The molecule has 4 nitrogen and oxygen atoms in total. The zero-order valence-corrected chi connectivity index (χ0v) is 16.4. The molecule has 0 bridgehead atoms. The molecule has 0 fully saturated rings. The van der Waals surface area contributed by atoms with Crippen LogP contribution in [0.15, 0.2) is 54.6 Å². The summed E-state index contributed by atoms with van der Waals surface area (Å²) in [5, 5.41) is 7.98. The van der Waals surface area contributed by atoms with Crippen LogP contribution >= 0.6 is 11.8 Å². The van der Waals surface area contributed by atoms with Gasteiger partial charge in [0, 0.05) is 17.1 Å². The minimum absolute atomic E-state index is 0.0247. The Morgan fingerprint density at radius 3 is 2.59 bits per heavy atom. The molecule has 0 aliphatic carbocycles. The van der Waals surface area contributed by atoms with E-state index >= 15 is 0 Å². The molecule has 27 heavy (non-hydrogen) atoms. The summed E-state index contributed by atoms with van der Waals surface area (Å²) in [6.07, 6.45) is 0.755. The Bertz CT molecular complexity index is 948. The molecule has 4 rings (SSSR count). The smallest absolute Gasteiger partial charge is 0.233 e. The number of thioether (sulfide) groups is 1. The summed E-state index contributed by atoms with van der Waals surface area (Å²) in [6, 6.07) is 18.2. The van der Waals surface area contributed by atoms with E-state index < -0.39 is 0 Å². The first-order valence-corrected chi connectivity index (χ1v) is 10.4. The molecule has 5 heteroatoms. The monoisotopic (exact) mass is 377 g/mol. The first-order chi connectivity index (χ1) is 13.2. The van der Waals surface area contributed by atoms with Crippen molar-refractivity contribution < 1.29 is 4.79 Å². The van der Waals surface area contributed by atoms with Gasteiger partial charge in [0.1, 0.15) is 5.82 Å². The van der Waals surface area contributed by atoms with Crippen LogP contribution in [0.5, 0.6) is 0 Å². The molecule has 0 unspecified atom stereocenters. The molecule has 2 heterocycles. The van der Waals surface area contributed by atoms with Crippen LogP contribution in [0.4, 0.5) is 5.82 Å². The number of aromatic nitrogens is 2. The molecule has 3 aromatic rings. The number of rotatable bonds is 5. The van der Waals surface area contributed by atoms with E-state index in [0.717, 1.165) is 46.3 Å². The molecular formula is C22H23N3OS. The van der Waals surface area contributed by atoms with Gasteiger partial charge < -0.3 is 5.32 Å². The maximum Gasteiger partial charge on any atom is 0.233 e. The molecule has 1 aromatic heterocycles. The number of amides is 1. The molecule has 0 saturated carbocycles. The number of aryl methyl sites for hydroxylation is 1. The first-order valence-electron chi connectivity index (χ1n) is 9.28. The molecule has 0 saturated heterocycles. The maximum atomic E-state index is 13.1. The van der Waals surface area contributed by atoms with Crippen molar-refractivity contribution in [2.24, 2.45) is 0 Å². The SMILES string of the molecule is CC[C@H](C(=O)Nc1c2c(nn1-c1ccc(C)cc1)CSC2)c1ccccc1. The van der Waals surface area contributed by atoms with Gasteiger partial charge in [-0.2, -0.15) is 16.9 Å². The van der Waals surface area contributed by atoms with Gasteiger partial charge in [0.05, 0.1) is 17.3 Å². The second kappa shape index (κ2) is 7.61. The van der Waals surface area contributed by atoms with Gasteiger partial charge in [-0.3, -0.25) is 4.79 Å². The lowest BCUT2D eigenvalue weighted by Crippen LogP contribution is -2.23. The van der Waals surface area contributed by atoms with Crippen molar-refractivity contribution in [3.63, 3.8) is 0 Å². The van der Waals surface area contributed by atoms with Crippen LogP contribution in [-0.4, -0.2) is 15.7 Å². The van der Waals surface area contributed by atoms with Crippen LogP contribution in [0, 0.1) is 6.92 Å². The third-order valence-electron chi connectivity index (χ3n) is 5.00. The van der Waals surface area contributed by atoms with Gasteiger partial charge in [-0.05, 0) is 31.0 Å². The zero-order valence-electron chi connectivity index (χ0n) is 15.6. The minimum Gasteiger partial charge on any atom is -0.310 e. The normalized spacial score (nSPS) is 14.0. The van der Waals surface area contributed by atoms with Gasteiger partial charge in [0.15, 0.2) is 0 Å². The second-order valence-electron chi connectivity index (χ2n) is 6.87. The van der Waals surface area contributed by atoms with Gasteiger partial charge >= 0.3 is 0 Å². The number of hydrogen-bond acceptors (Lipinski definition) is 3. The number of benzene rings is 2. The average Bonchev–Trinajstić information content (AvgIpc) is 3.27. The Balaban J connectivity index is 1.69. The summed E-state index contributed by atoms with van der Waals surface area (Å²) in [4.78, 5) is 13.1. The van der Waals surface area contributed by atoms with Crippen molar-refractivity contribution in [3.05, 3.63) is 77.0 Å². The van der Waals surface area contributed by atoms with Crippen molar-refractivity contribution in [1.82, 2.24) is 9.78 Å². The Labute approximate surface area is 164 Å². The highest BCUT2D eigenvalue weighted by molar-refractivity contribution is 7.98. The van der Waals surface area contributed by atoms with E-state index in [1.807, 2.05) is 46.8 Å². The van der Waals surface area contributed by atoms with Crippen LogP contribution in [0.3, 0.4) is 0 Å². The summed E-state index contributed by atoms with van der Waals surface area (Å²) in [5.74, 6) is 2.46. The Morgan fingerprint density at radius 2 is 1.89 bits per heavy atom. The summed E-state index contributed by atoms with van der Waals surface area (Å²) in [7, 11) is 0. The highest BCUT2D eigenvalue weighted by Gasteiger charge is 2.27. The largest absolute Gasteiger partial charge is 0.310 e. The molecule has 1 aliphatic rings. The van der Waals surface area contributed by atoms with E-state index in [1.165, 1.54) is 5.56 Å². The summed E-state index contributed by atoms with van der Waals surface area (Å²) in [5.41, 5.74) is 5.45. The molecule has 138 valence electrons. The fraction of sp³-hybridized carbons (Fsp3) is 0.273. The Morgan fingerprint density at radius 1 is 1.15 bits per heavy atom. The lowest BCUT2D eigenvalue weighted by Gasteiger charge is -2.17. The van der Waals surface area contributed by atoms with E-state index in [-0.39, 0.29) is 11.8 Å². The van der Waals surface area contributed by atoms with Crippen LogP contribution in [0.2, 0.25) is 0 Å². The maximum absolute atomic E-state index is 13.1. The van der Waals surface area contributed by atoms with Crippen LogP contribution < -0.4 is 5.32 Å². The number of fused-ring (bicyclic) bond motifs is 1. The zero-order chi connectivity index (χ0) is 18.8. The predicted octanol–water partition coefficient (Wildman–Crippen LogP) is 5.06. The van der Waals surface area contributed by atoms with Gasteiger partial charge in [0.25, 0.3) is 0 Å². The molecule has 1 atom stereocenters. The van der Waals surface area contributed by atoms with Crippen LogP contribution in [0.25, 0.3) is 5.69 Å². The van der Waals surface area contributed by atoms with Crippen LogP contribution in [0.1, 0.15) is 41.6 Å². The van der Waals surface area contributed by atoms with Gasteiger partial charge in [0.2, 0.25) is 5.91 Å². The molecule has 0 radical (unpaired) electrons. The third kappa shape index (κ3) is 3.52. The summed E-state index contributed by atoms with van der Waals surface area (Å²) in [6.45, 7) is 4.12. The molecule has 2 aromatic carbocycles. The number of carbonyl (C=O) groups is 1. The van der Waals surface area contributed by atoms with Crippen molar-refractivity contribution in [3.8, 4) is 5.69 Å². The van der Waals surface area contributed by atoms with Crippen molar-refractivity contribution in [2.45, 2.75) is 37.7 Å². The van der Waals surface area contributed by atoms with Gasteiger partial charge in [-0.15, -0.1) is 0 Å². The quantitative estimate of drug-likeness (QED) is 0.676. The second-order valence-corrected chi connectivity index (χ2v) is 7.86. The van der Waals surface area contributed by atoms with Gasteiger partial charge in [-0.25, -0.2) is 4.68 Å². The topological polar surface area (TPSA) is 46.9 Å². The first kappa shape index (κ1) is 17.9. The molecule has 1 N–H and O–H groups in total. The van der Waals surface area contributed by atoms with Crippen molar-refractivity contribution >= 4 is 23.5 Å². The fourth-order valence-electron chi connectivity index (χ4n) is 3.48. The molecule has 1 aliphatic heterocycles. The predicted molar refractivity (Wildman–Crippen MR) is 111 cm³/mol. The molecular weight excluding hydrogens is 354 g/mol. The average molecular weight is 378 g/mol. The number of carbonyl (C=O) groups excluding carboxylic acids is 1. The summed E-state index contributed by atoms with van der Waals surface area (Å²) < 4.78 is 1.89. The summed E-state index contributed by atoms with van der Waals surface area (Å²) >= 11 is 1.84. The number of nitrogens with one attached hydrogen (secondary N) is 1. The highest BCUT2D eigenvalue weighted by Crippen LogP contribution is 2.36. The number of nitrogens with zero attached hydrogens (tertiary/aromatic N) is 2. The fourth-order valence-corrected chi connectivity index (χ4v) is 4.51. The van der Waals surface area contributed by atoms with Crippen molar-refractivity contribution in [2.75, 3.05) is 5.32 Å². The van der Waals surface area contributed by atoms with E-state index in [0.29, 0.717) is 0 Å². The number of anilines is 1. The lowest BCUT2D eigenvalue weighted by molar-refractivity contribution is -0.117. The standard InChI is InChI=1S/C22H23N3OS/c1-3-18(16-7-5-4-6-8-16)22(26)23-21-19-13-27-14-20(19)24-25(21)17-11-9-15(2)10-12-17/h4-12,18H,3,13-14H2,1-2H3,(H,23,26)/t18-/m0/s1. The van der Waals surface area contributed by atoms with E-state index in [2.05, 4.69) is 43.4 Å². The lowest BCUT2D eigenvalue weighted by atomic mass is 9.95. The highest BCUT2D eigenvalue weighted by atomic mass is 32.2. The Hall–Kier alpha value is -2.53. The number of hydrogen-bond donors (Lipinski definition) is 1. The van der Waals surface area contributed by atoms with E-state index in [4.69, 9.17) is 5.10 Å².